The van der Waals surface area contributed by atoms with Crippen molar-refractivity contribution < 1.29 is 14.4 Å². The largest absolute Gasteiger partial charge is 0.350 e. The highest BCUT2D eigenvalue weighted by atomic mass is 16.2. The van der Waals surface area contributed by atoms with Crippen LogP contribution in [0.2, 0.25) is 0 Å². The number of likely N-dealkylation sites (N-methyl/N-ethyl adjacent to an activating group) is 1. The molecule has 28 heavy (non-hydrogen) atoms. The molecule has 156 valence electrons. The molecule has 0 fully saturated rings. The fourth-order valence-electron chi connectivity index (χ4n) is 2.71. The number of benzene rings is 1. The maximum Gasteiger partial charge on any atom is 0.251 e. The second kappa shape index (κ2) is 9.22. The van der Waals surface area contributed by atoms with E-state index in [2.05, 4.69) is 31.4 Å². The number of rotatable bonds is 6. The van der Waals surface area contributed by atoms with Gasteiger partial charge in [0.2, 0.25) is 11.8 Å². The van der Waals surface area contributed by atoms with Gasteiger partial charge in [0.1, 0.15) is 6.04 Å². The number of amides is 3. The summed E-state index contributed by atoms with van der Waals surface area (Å²) in [6.07, 6.45) is 0. The van der Waals surface area contributed by atoms with Gasteiger partial charge in [0.15, 0.2) is 0 Å². The zero-order valence-electron chi connectivity index (χ0n) is 18.5. The van der Waals surface area contributed by atoms with Crippen molar-refractivity contribution in [3.05, 3.63) is 35.4 Å². The molecule has 3 amide bonds. The van der Waals surface area contributed by atoms with Crippen LogP contribution in [0.5, 0.6) is 0 Å². The summed E-state index contributed by atoms with van der Waals surface area (Å²) in [5.41, 5.74) is 1.28. The topological polar surface area (TPSA) is 78.5 Å². The van der Waals surface area contributed by atoms with Gasteiger partial charge in [0.25, 0.3) is 5.91 Å². The van der Waals surface area contributed by atoms with Crippen molar-refractivity contribution in [3.63, 3.8) is 0 Å². The van der Waals surface area contributed by atoms with Gasteiger partial charge in [-0.25, -0.2) is 0 Å². The minimum absolute atomic E-state index is 0.00746. The lowest BCUT2D eigenvalue weighted by Crippen LogP contribution is -2.51. The van der Waals surface area contributed by atoms with Gasteiger partial charge in [0.05, 0.1) is 6.54 Å². The summed E-state index contributed by atoms with van der Waals surface area (Å²) in [6, 6.07) is 6.66. The number of nitrogens with zero attached hydrogens (tertiary/aromatic N) is 1. The number of hydrogen-bond acceptors (Lipinski definition) is 3. The third-order valence-corrected chi connectivity index (χ3v) is 4.27. The van der Waals surface area contributed by atoms with Crippen molar-refractivity contribution >= 4 is 17.7 Å². The lowest BCUT2D eigenvalue weighted by Gasteiger charge is -2.27. The monoisotopic (exact) mass is 389 g/mol. The molecule has 0 radical (unpaired) electrons. The first-order chi connectivity index (χ1) is 12.7. The molecule has 0 spiro atoms. The summed E-state index contributed by atoms with van der Waals surface area (Å²) in [7, 11) is 0. The predicted octanol–water partition coefficient (Wildman–Crippen LogP) is 2.87. The fourth-order valence-corrected chi connectivity index (χ4v) is 2.71. The number of nitrogens with one attached hydrogen (secondary N) is 2. The molecule has 1 atom stereocenters. The van der Waals surface area contributed by atoms with E-state index in [0.29, 0.717) is 12.1 Å². The fraction of sp³-hybridized carbons (Fsp3) is 0.591. The molecule has 1 aromatic rings. The first-order valence-electron chi connectivity index (χ1n) is 9.76. The van der Waals surface area contributed by atoms with E-state index < -0.39 is 6.04 Å². The molecular formula is C22H35N3O3. The smallest absolute Gasteiger partial charge is 0.251 e. The highest BCUT2D eigenvalue weighted by Crippen LogP contribution is 2.22. The number of hydrogen-bond donors (Lipinski definition) is 2. The van der Waals surface area contributed by atoms with Crippen molar-refractivity contribution in [2.75, 3.05) is 13.1 Å². The van der Waals surface area contributed by atoms with E-state index in [0.717, 1.165) is 5.56 Å². The lowest BCUT2D eigenvalue weighted by atomic mass is 9.86. The first kappa shape index (κ1) is 23.7. The maximum atomic E-state index is 12.7. The van der Waals surface area contributed by atoms with E-state index in [4.69, 9.17) is 0 Å². The molecular weight excluding hydrogens is 354 g/mol. The van der Waals surface area contributed by atoms with Crippen LogP contribution in [0.25, 0.3) is 0 Å². The summed E-state index contributed by atoms with van der Waals surface area (Å²) >= 11 is 0. The molecule has 0 saturated carbocycles. The highest BCUT2D eigenvalue weighted by Gasteiger charge is 2.25. The van der Waals surface area contributed by atoms with Crippen molar-refractivity contribution in [1.82, 2.24) is 15.5 Å². The van der Waals surface area contributed by atoms with Gasteiger partial charge in [0, 0.05) is 17.6 Å². The quantitative estimate of drug-likeness (QED) is 0.785. The average molecular weight is 390 g/mol. The molecule has 6 nitrogen and oxygen atoms in total. The molecule has 0 aromatic heterocycles. The molecule has 0 heterocycles. The Bertz CT molecular complexity index is 697. The van der Waals surface area contributed by atoms with Gasteiger partial charge in [-0.2, -0.15) is 0 Å². The third-order valence-electron chi connectivity index (χ3n) is 4.27. The summed E-state index contributed by atoms with van der Waals surface area (Å²) in [6.45, 7) is 15.8. The second-order valence-electron chi connectivity index (χ2n) is 9.17. The molecule has 0 aliphatic carbocycles. The van der Waals surface area contributed by atoms with E-state index >= 15 is 0 Å². The predicted molar refractivity (Wildman–Crippen MR) is 112 cm³/mol. The standard InChI is InChI=1S/C22H35N3O3/c1-9-25(14-18(26)24-22(6,7)8)20(28)15(2)23-19(27)16-10-12-17(13-11-16)21(3,4)5/h10-13,15H,9,14H2,1-8H3,(H,23,27)(H,24,26). The van der Waals surface area contributed by atoms with Gasteiger partial charge in [-0.15, -0.1) is 0 Å². The molecule has 0 saturated heterocycles. The molecule has 0 aliphatic heterocycles. The molecule has 0 bridgehead atoms. The van der Waals surface area contributed by atoms with Gasteiger partial charge < -0.3 is 15.5 Å². The Hall–Kier alpha value is -2.37. The Morgan fingerprint density at radius 3 is 1.96 bits per heavy atom. The van der Waals surface area contributed by atoms with Crippen LogP contribution >= 0.6 is 0 Å². The van der Waals surface area contributed by atoms with Crippen LogP contribution in [0, 0.1) is 0 Å². The average Bonchev–Trinajstić information content (AvgIpc) is 2.56. The molecule has 1 unspecified atom stereocenters. The van der Waals surface area contributed by atoms with Crippen molar-refractivity contribution in [3.8, 4) is 0 Å². The van der Waals surface area contributed by atoms with E-state index in [1.165, 1.54) is 4.90 Å². The summed E-state index contributed by atoms with van der Waals surface area (Å²) in [5, 5.41) is 5.57. The SMILES string of the molecule is CCN(CC(=O)NC(C)(C)C)C(=O)C(C)NC(=O)c1ccc(C(C)(C)C)cc1. The van der Waals surface area contributed by atoms with Gasteiger partial charge in [-0.05, 0) is 57.7 Å². The van der Waals surface area contributed by atoms with Crippen molar-refractivity contribution in [2.24, 2.45) is 0 Å². The van der Waals surface area contributed by atoms with Crippen LogP contribution in [0.4, 0.5) is 0 Å². The summed E-state index contributed by atoms with van der Waals surface area (Å²) in [5.74, 6) is -0.818. The Labute approximate surface area is 169 Å². The second-order valence-corrected chi connectivity index (χ2v) is 9.17. The highest BCUT2D eigenvalue weighted by molar-refractivity contribution is 5.98. The molecule has 0 aliphatic rings. The van der Waals surface area contributed by atoms with E-state index in [-0.39, 0.29) is 35.2 Å². The third kappa shape index (κ3) is 7.33. The summed E-state index contributed by atoms with van der Waals surface area (Å²) in [4.78, 5) is 38.7. The molecule has 2 N–H and O–H groups in total. The first-order valence-corrected chi connectivity index (χ1v) is 9.76. The van der Waals surface area contributed by atoms with E-state index in [1.54, 1.807) is 19.1 Å². The van der Waals surface area contributed by atoms with Gasteiger partial charge in [-0.1, -0.05) is 32.9 Å². The minimum atomic E-state index is -0.725. The maximum absolute atomic E-state index is 12.7. The number of carbonyl (C=O) groups excluding carboxylic acids is 3. The van der Waals surface area contributed by atoms with Crippen molar-refractivity contribution in [2.45, 2.75) is 72.4 Å². The van der Waals surface area contributed by atoms with Crippen LogP contribution in [0.15, 0.2) is 24.3 Å². The van der Waals surface area contributed by atoms with Crippen LogP contribution < -0.4 is 10.6 Å². The zero-order valence-corrected chi connectivity index (χ0v) is 18.5. The molecule has 1 rings (SSSR count). The number of carbonyl (C=O) groups is 3. The lowest BCUT2D eigenvalue weighted by molar-refractivity contribution is -0.137. The van der Waals surface area contributed by atoms with Crippen LogP contribution in [-0.2, 0) is 15.0 Å². The zero-order chi connectivity index (χ0) is 21.7. The normalized spacial score (nSPS) is 12.9. The molecule has 1 aromatic carbocycles. The van der Waals surface area contributed by atoms with Crippen LogP contribution in [0.3, 0.4) is 0 Å². The van der Waals surface area contributed by atoms with E-state index in [9.17, 15) is 14.4 Å². The molecule has 6 heteroatoms. The Balaban J connectivity index is 2.73. The van der Waals surface area contributed by atoms with Crippen LogP contribution in [-0.4, -0.2) is 47.3 Å². The Kier molecular flexibility index (Phi) is 7.79. The minimum Gasteiger partial charge on any atom is -0.350 e. The van der Waals surface area contributed by atoms with Gasteiger partial charge in [-0.3, -0.25) is 14.4 Å². The Morgan fingerprint density at radius 2 is 1.54 bits per heavy atom. The van der Waals surface area contributed by atoms with Crippen LogP contribution in [0.1, 0.15) is 71.3 Å². The van der Waals surface area contributed by atoms with E-state index in [1.807, 2.05) is 39.8 Å². The summed E-state index contributed by atoms with van der Waals surface area (Å²) < 4.78 is 0. The van der Waals surface area contributed by atoms with Crippen molar-refractivity contribution in [1.29, 1.82) is 0 Å². The Morgan fingerprint density at radius 1 is 1.00 bits per heavy atom. The van der Waals surface area contributed by atoms with Gasteiger partial charge >= 0.3 is 0 Å².